The molecule has 0 spiro atoms. The molecule has 0 aliphatic heterocycles. The van der Waals surface area contributed by atoms with Crippen LogP contribution in [0.25, 0.3) is 0 Å². The van der Waals surface area contributed by atoms with E-state index in [9.17, 15) is 0 Å². The summed E-state index contributed by atoms with van der Waals surface area (Å²) in [5, 5.41) is 7.74. The summed E-state index contributed by atoms with van der Waals surface area (Å²) in [4.78, 5) is 0. The Labute approximate surface area is 116 Å². The predicted molar refractivity (Wildman–Crippen MR) is 76.5 cm³/mol. The van der Waals surface area contributed by atoms with Crippen LogP contribution in [-0.4, -0.2) is 19.1 Å². The number of nitrogens with one attached hydrogen (secondary N) is 2. The number of rotatable bonds is 7. The Balaban J connectivity index is 1.60. The molecular weight excluding hydrogens is 300 g/mol. The Kier molecular flexibility index (Phi) is 5.29. The molecule has 94 valence electrons. The molecule has 2 rings (SSSR count). The maximum Gasteiger partial charge on any atom is 0.0462 e. The third-order valence-electron chi connectivity index (χ3n) is 2.87. The Morgan fingerprint density at radius 3 is 2.82 bits per heavy atom. The van der Waals surface area contributed by atoms with Gasteiger partial charge in [0.25, 0.3) is 0 Å². The first kappa shape index (κ1) is 13.3. The van der Waals surface area contributed by atoms with Crippen LogP contribution >= 0.6 is 27.5 Å². The molecule has 1 aromatic carbocycles. The van der Waals surface area contributed by atoms with Crippen molar-refractivity contribution in [3.05, 3.63) is 33.3 Å². The van der Waals surface area contributed by atoms with Gasteiger partial charge in [0.05, 0.1) is 0 Å². The van der Waals surface area contributed by atoms with Crippen molar-refractivity contribution in [3.63, 3.8) is 0 Å². The van der Waals surface area contributed by atoms with Gasteiger partial charge in [-0.3, -0.25) is 0 Å². The SMILES string of the molecule is Clc1cc(Br)ccc1CNCCCNC1CC1. The Morgan fingerprint density at radius 2 is 2.12 bits per heavy atom. The van der Waals surface area contributed by atoms with Crippen LogP contribution in [0.2, 0.25) is 5.02 Å². The van der Waals surface area contributed by atoms with Gasteiger partial charge in [0.1, 0.15) is 0 Å². The second kappa shape index (κ2) is 6.74. The molecule has 1 aliphatic rings. The average Bonchev–Trinajstić information content (AvgIpc) is 3.09. The molecule has 0 radical (unpaired) electrons. The maximum atomic E-state index is 6.14. The van der Waals surface area contributed by atoms with Gasteiger partial charge in [-0.1, -0.05) is 33.6 Å². The second-order valence-electron chi connectivity index (χ2n) is 4.49. The molecule has 2 N–H and O–H groups in total. The molecule has 0 bridgehead atoms. The van der Waals surface area contributed by atoms with Crippen molar-refractivity contribution in [1.29, 1.82) is 0 Å². The van der Waals surface area contributed by atoms with Crippen LogP contribution in [0.4, 0.5) is 0 Å². The van der Waals surface area contributed by atoms with Crippen molar-refractivity contribution in [3.8, 4) is 0 Å². The van der Waals surface area contributed by atoms with Crippen LogP contribution in [0, 0.1) is 0 Å². The minimum Gasteiger partial charge on any atom is -0.314 e. The zero-order chi connectivity index (χ0) is 12.1. The van der Waals surface area contributed by atoms with Gasteiger partial charge in [-0.25, -0.2) is 0 Å². The molecule has 1 aromatic rings. The number of hydrogen-bond acceptors (Lipinski definition) is 2. The summed E-state index contributed by atoms with van der Waals surface area (Å²) in [7, 11) is 0. The van der Waals surface area contributed by atoms with E-state index in [0.717, 1.165) is 40.7 Å². The largest absolute Gasteiger partial charge is 0.314 e. The van der Waals surface area contributed by atoms with Crippen molar-refractivity contribution in [2.24, 2.45) is 0 Å². The lowest BCUT2D eigenvalue weighted by Crippen LogP contribution is -2.23. The summed E-state index contributed by atoms with van der Waals surface area (Å²) < 4.78 is 1.03. The fourth-order valence-corrected chi connectivity index (χ4v) is 2.44. The normalized spacial score (nSPS) is 15.2. The third kappa shape index (κ3) is 4.96. The lowest BCUT2D eigenvalue weighted by Gasteiger charge is -2.07. The summed E-state index contributed by atoms with van der Waals surface area (Å²) in [5.41, 5.74) is 1.16. The van der Waals surface area contributed by atoms with Crippen LogP contribution in [0.15, 0.2) is 22.7 Å². The highest BCUT2D eigenvalue weighted by Gasteiger charge is 2.19. The van der Waals surface area contributed by atoms with E-state index in [1.54, 1.807) is 0 Å². The van der Waals surface area contributed by atoms with Gasteiger partial charge in [0.2, 0.25) is 0 Å². The van der Waals surface area contributed by atoms with Gasteiger partial charge < -0.3 is 10.6 Å². The minimum absolute atomic E-state index is 0.816. The van der Waals surface area contributed by atoms with Gasteiger partial charge in [0.15, 0.2) is 0 Å². The van der Waals surface area contributed by atoms with E-state index in [2.05, 4.69) is 32.6 Å². The van der Waals surface area contributed by atoms with Gasteiger partial charge in [-0.15, -0.1) is 0 Å². The fraction of sp³-hybridized carbons (Fsp3) is 0.538. The van der Waals surface area contributed by atoms with Gasteiger partial charge in [-0.05, 0) is 50.0 Å². The quantitative estimate of drug-likeness (QED) is 0.754. The molecule has 0 saturated heterocycles. The molecular formula is C13H18BrClN2. The van der Waals surface area contributed by atoms with Gasteiger partial charge >= 0.3 is 0 Å². The van der Waals surface area contributed by atoms with Crippen LogP contribution in [-0.2, 0) is 6.54 Å². The van der Waals surface area contributed by atoms with Crippen molar-refractivity contribution in [2.45, 2.75) is 31.8 Å². The van der Waals surface area contributed by atoms with Crippen LogP contribution in [0.5, 0.6) is 0 Å². The Hall–Kier alpha value is -0.0900. The van der Waals surface area contributed by atoms with Crippen molar-refractivity contribution < 1.29 is 0 Å². The Bertz CT molecular complexity index is 366. The van der Waals surface area contributed by atoms with Crippen LogP contribution in [0.1, 0.15) is 24.8 Å². The molecule has 0 atom stereocenters. The standard InChI is InChI=1S/C13H18BrClN2/c14-11-3-2-10(13(15)8-11)9-16-6-1-7-17-12-4-5-12/h2-3,8,12,16-17H,1,4-7,9H2. The first-order valence-corrected chi connectivity index (χ1v) is 7.31. The molecule has 1 fully saturated rings. The minimum atomic E-state index is 0.816. The van der Waals surface area contributed by atoms with Gasteiger partial charge in [-0.2, -0.15) is 0 Å². The highest BCUT2D eigenvalue weighted by Crippen LogP contribution is 2.21. The monoisotopic (exact) mass is 316 g/mol. The Morgan fingerprint density at radius 1 is 1.29 bits per heavy atom. The lowest BCUT2D eigenvalue weighted by molar-refractivity contribution is 0.593. The van der Waals surface area contributed by atoms with E-state index < -0.39 is 0 Å². The third-order valence-corrected chi connectivity index (χ3v) is 3.72. The van der Waals surface area contributed by atoms with Crippen molar-refractivity contribution in [2.75, 3.05) is 13.1 Å². The summed E-state index contributed by atoms with van der Waals surface area (Å²) >= 11 is 9.54. The second-order valence-corrected chi connectivity index (χ2v) is 5.82. The van der Waals surface area contributed by atoms with Crippen LogP contribution in [0.3, 0.4) is 0 Å². The lowest BCUT2D eigenvalue weighted by atomic mass is 10.2. The van der Waals surface area contributed by atoms with Gasteiger partial charge in [0, 0.05) is 22.1 Å². The number of halogens is 2. The molecule has 17 heavy (non-hydrogen) atoms. The smallest absolute Gasteiger partial charge is 0.0462 e. The predicted octanol–water partition coefficient (Wildman–Crippen LogP) is 3.33. The van der Waals surface area contributed by atoms with E-state index >= 15 is 0 Å². The van der Waals surface area contributed by atoms with Crippen LogP contribution < -0.4 is 10.6 Å². The molecule has 0 aromatic heterocycles. The molecule has 4 heteroatoms. The van der Waals surface area contributed by atoms with E-state index in [1.165, 1.54) is 19.3 Å². The maximum absolute atomic E-state index is 6.14. The number of benzene rings is 1. The molecule has 1 aliphatic carbocycles. The zero-order valence-electron chi connectivity index (χ0n) is 9.81. The zero-order valence-corrected chi connectivity index (χ0v) is 12.1. The average molecular weight is 318 g/mol. The topological polar surface area (TPSA) is 24.1 Å². The summed E-state index contributed by atoms with van der Waals surface area (Å²) in [6, 6.07) is 6.84. The summed E-state index contributed by atoms with van der Waals surface area (Å²) in [5.74, 6) is 0. The molecule has 2 nitrogen and oxygen atoms in total. The number of hydrogen-bond donors (Lipinski definition) is 2. The first-order valence-electron chi connectivity index (χ1n) is 6.14. The van der Waals surface area contributed by atoms with Crippen molar-refractivity contribution in [1.82, 2.24) is 10.6 Å². The van der Waals surface area contributed by atoms with E-state index in [0.29, 0.717) is 0 Å². The summed E-state index contributed by atoms with van der Waals surface area (Å²) in [6.45, 7) is 2.99. The molecule has 0 amide bonds. The molecule has 0 heterocycles. The summed E-state index contributed by atoms with van der Waals surface area (Å²) in [6.07, 6.45) is 3.90. The van der Waals surface area contributed by atoms with E-state index in [1.807, 2.05) is 12.1 Å². The van der Waals surface area contributed by atoms with Crippen molar-refractivity contribution >= 4 is 27.5 Å². The molecule has 0 unspecified atom stereocenters. The highest BCUT2D eigenvalue weighted by molar-refractivity contribution is 9.10. The fourth-order valence-electron chi connectivity index (χ4n) is 1.70. The highest BCUT2D eigenvalue weighted by atomic mass is 79.9. The van der Waals surface area contributed by atoms with E-state index in [4.69, 9.17) is 11.6 Å². The molecule has 1 saturated carbocycles. The first-order chi connectivity index (χ1) is 8.25. The van der Waals surface area contributed by atoms with E-state index in [-0.39, 0.29) is 0 Å².